The smallest absolute Gasteiger partial charge is 0.303 e. The number of rotatable bonds is 5. The summed E-state index contributed by atoms with van der Waals surface area (Å²) < 4.78 is 0. The van der Waals surface area contributed by atoms with Crippen LogP contribution in [-0.4, -0.2) is 22.6 Å². The Bertz CT molecular complexity index is 507. The summed E-state index contributed by atoms with van der Waals surface area (Å²) in [6.45, 7) is 0. The van der Waals surface area contributed by atoms with Gasteiger partial charge in [-0.3, -0.25) is 4.79 Å². The quantitative estimate of drug-likeness (QED) is 0.868. The highest BCUT2D eigenvalue weighted by Gasteiger charge is 2.34. The van der Waals surface area contributed by atoms with E-state index >= 15 is 0 Å². The molecule has 0 bridgehead atoms. The van der Waals surface area contributed by atoms with Crippen LogP contribution in [0.5, 0.6) is 0 Å². The molecular formula is C16H19ClO2S. The van der Waals surface area contributed by atoms with E-state index in [1.807, 2.05) is 17.8 Å². The average Bonchev–Trinajstić information content (AvgIpc) is 3.11. The Hall–Kier alpha value is -0.670. The van der Waals surface area contributed by atoms with Crippen molar-refractivity contribution in [3.05, 3.63) is 34.3 Å². The average molecular weight is 311 g/mol. The zero-order valence-corrected chi connectivity index (χ0v) is 12.9. The standard InChI is InChI=1S/C16H19ClO2S/c17-15-7-11(14(8-16(18)19)10-1-2-10)3-4-13(15)12-5-6-20-9-12/h3-4,7,10,12,14H,1-2,5-6,8-9H2,(H,18,19). The Morgan fingerprint density at radius 3 is 2.75 bits per heavy atom. The Balaban J connectivity index is 1.82. The molecule has 0 spiro atoms. The van der Waals surface area contributed by atoms with E-state index in [4.69, 9.17) is 16.7 Å². The summed E-state index contributed by atoms with van der Waals surface area (Å²) in [6, 6.07) is 6.26. The minimum atomic E-state index is -0.714. The largest absolute Gasteiger partial charge is 0.481 e. The molecule has 1 saturated carbocycles. The molecule has 1 aliphatic heterocycles. The van der Waals surface area contributed by atoms with Crippen LogP contribution >= 0.6 is 23.4 Å². The third-order valence-electron chi connectivity index (χ3n) is 4.41. The van der Waals surface area contributed by atoms with Crippen molar-refractivity contribution in [3.63, 3.8) is 0 Å². The van der Waals surface area contributed by atoms with E-state index in [-0.39, 0.29) is 12.3 Å². The number of hydrogen-bond donors (Lipinski definition) is 1. The van der Waals surface area contributed by atoms with Crippen LogP contribution in [0.2, 0.25) is 5.02 Å². The highest BCUT2D eigenvalue weighted by atomic mass is 35.5. The summed E-state index contributed by atoms with van der Waals surface area (Å²) in [5.74, 6) is 2.90. The summed E-state index contributed by atoms with van der Waals surface area (Å²) in [6.07, 6.45) is 3.72. The zero-order chi connectivity index (χ0) is 14.1. The lowest BCUT2D eigenvalue weighted by Crippen LogP contribution is -2.09. The molecule has 2 atom stereocenters. The summed E-state index contributed by atoms with van der Waals surface area (Å²) in [5, 5.41) is 9.91. The van der Waals surface area contributed by atoms with Gasteiger partial charge in [0.15, 0.2) is 0 Å². The number of thioether (sulfide) groups is 1. The number of carboxylic acid groups (broad SMARTS) is 1. The summed E-state index contributed by atoms with van der Waals surface area (Å²) >= 11 is 8.44. The fourth-order valence-electron chi connectivity index (χ4n) is 3.13. The Labute approximate surface area is 128 Å². The topological polar surface area (TPSA) is 37.3 Å². The first kappa shape index (κ1) is 14.3. The fraction of sp³-hybridized carbons (Fsp3) is 0.562. The molecule has 2 aliphatic rings. The van der Waals surface area contributed by atoms with E-state index in [1.165, 1.54) is 17.7 Å². The van der Waals surface area contributed by atoms with E-state index in [9.17, 15) is 4.79 Å². The van der Waals surface area contributed by atoms with Gasteiger partial charge in [0.25, 0.3) is 0 Å². The van der Waals surface area contributed by atoms with Crippen molar-refractivity contribution in [2.75, 3.05) is 11.5 Å². The molecular weight excluding hydrogens is 292 g/mol. The molecule has 4 heteroatoms. The molecule has 2 fully saturated rings. The second-order valence-corrected chi connectivity index (χ2v) is 7.44. The van der Waals surface area contributed by atoms with E-state index in [0.717, 1.165) is 29.2 Å². The lowest BCUT2D eigenvalue weighted by atomic mass is 9.88. The van der Waals surface area contributed by atoms with Gasteiger partial charge in [-0.05, 0) is 60.0 Å². The molecule has 2 nitrogen and oxygen atoms in total. The molecule has 108 valence electrons. The number of hydrogen-bond acceptors (Lipinski definition) is 2. The molecule has 0 aromatic heterocycles. The van der Waals surface area contributed by atoms with E-state index in [1.54, 1.807) is 0 Å². The van der Waals surface area contributed by atoms with Crippen LogP contribution in [0.1, 0.15) is 48.6 Å². The summed E-state index contributed by atoms with van der Waals surface area (Å²) in [5.41, 5.74) is 2.35. The summed E-state index contributed by atoms with van der Waals surface area (Å²) in [7, 11) is 0. The van der Waals surface area contributed by atoms with Gasteiger partial charge in [-0.15, -0.1) is 0 Å². The molecule has 1 aliphatic carbocycles. The highest BCUT2D eigenvalue weighted by molar-refractivity contribution is 7.99. The van der Waals surface area contributed by atoms with Gasteiger partial charge in [0.1, 0.15) is 0 Å². The number of carboxylic acids is 1. The summed E-state index contributed by atoms with van der Waals surface area (Å²) in [4.78, 5) is 11.0. The monoisotopic (exact) mass is 310 g/mol. The van der Waals surface area contributed by atoms with Crippen molar-refractivity contribution >= 4 is 29.3 Å². The van der Waals surface area contributed by atoms with Crippen molar-refractivity contribution in [2.45, 2.75) is 37.5 Å². The second-order valence-electron chi connectivity index (χ2n) is 5.88. The molecule has 3 rings (SSSR count). The van der Waals surface area contributed by atoms with Crippen molar-refractivity contribution in [1.29, 1.82) is 0 Å². The van der Waals surface area contributed by atoms with Crippen molar-refractivity contribution in [1.82, 2.24) is 0 Å². The minimum absolute atomic E-state index is 0.136. The van der Waals surface area contributed by atoms with Crippen molar-refractivity contribution in [3.8, 4) is 0 Å². The van der Waals surface area contributed by atoms with Gasteiger partial charge in [0.05, 0.1) is 6.42 Å². The van der Waals surface area contributed by atoms with Crippen LogP contribution < -0.4 is 0 Å². The lowest BCUT2D eigenvalue weighted by molar-refractivity contribution is -0.137. The van der Waals surface area contributed by atoms with E-state index in [0.29, 0.717) is 11.8 Å². The van der Waals surface area contributed by atoms with Crippen molar-refractivity contribution in [2.24, 2.45) is 5.92 Å². The van der Waals surface area contributed by atoms with Crippen LogP contribution in [0.3, 0.4) is 0 Å². The molecule has 0 amide bonds. The van der Waals surface area contributed by atoms with E-state index in [2.05, 4.69) is 12.1 Å². The molecule has 20 heavy (non-hydrogen) atoms. The van der Waals surface area contributed by atoms with Crippen molar-refractivity contribution < 1.29 is 9.90 Å². The molecule has 1 aromatic rings. The number of carbonyl (C=O) groups is 1. The maximum atomic E-state index is 11.0. The number of aliphatic carboxylic acids is 1. The van der Waals surface area contributed by atoms with Crippen LogP contribution in [-0.2, 0) is 4.79 Å². The van der Waals surface area contributed by atoms with Gasteiger partial charge in [-0.2, -0.15) is 11.8 Å². The van der Waals surface area contributed by atoms with Gasteiger partial charge < -0.3 is 5.11 Å². The van der Waals surface area contributed by atoms with Crippen LogP contribution in [0, 0.1) is 5.92 Å². The van der Waals surface area contributed by atoms with Gasteiger partial charge in [0.2, 0.25) is 0 Å². The third-order valence-corrected chi connectivity index (χ3v) is 5.90. The first-order chi connectivity index (χ1) is 9.65. The predicted octanol–water partition coefficient (Wildman–Crippen LogP) is 4.53. The van der Waals surface area contributed by atoms with E-state index < -0.39 is 5.97 Å². The number of halogens is 1. The van der Waals surface area contributed by atoms with Crippen LogP contribution in [0.25, 0.3) is 0 Å². The molecule has 1 aromatic carbocycles. The molecule has 1 N–H and O–H groups in total. The van der Waals surface area contributed by atoms with Gasteiger partial charge >= 0.3 is 5.97 Å². The molecule has 1 heterocycles. The first-order valence-corrected chi connectivity index (χ1v) is 8.77. The minimum Gasteiger partial charge on any atom is -0.481 e. The lowest BCUT2D eigenvalue weighted by Gasteiger charge is -2.18. The SMILES string of the molecule is O=C(O)CC(c1ccc(C2CCSC2)c(Cl)c1)C1CC1. The normalized spacial score (nSPS) is 23.8. The van der Waals surface area contributed by atoms with Crippen LogP contribution in [0.4, 0.5) is 0 Å². The third kappa shape index (κ3) is 3.15. The Morgan fingerprint density at radius 2 is 2.20 bits per heavy atom. The van der Waals surface area contributed by atoms with Gasteiger partial charge in [-0.25, -0.2) is 0 Å². The van der Waals surface area contributed by atoms with Crippen LogP contribution in [0.15, 0.2) is 18.2 Å². The highest BCUT2D eigenvalue weighted by Crippen LogP contribution is 2.46. The predicted molar refractivity (Wildman–Crippen MR) is 83.9 cm³/mol. The molecule has 0 radical (unpaired) electrons. The first-order valence-electron chi connectivity index (χ1n) is 7.24. The molecule has 1 saturated heterocycles. The van der Waals surface area contributed by atoms with Gasteiger partial charge in [-0.1, -0.05) is 23.7 Å². The maximum Gasteiger partial charge on any atom is 0.303 e. The zero-order valence-electron chi connectivity index (χ0n) is 11.3. The fourth-order valence-corrected chi connectivity index (χ4v) is 4.72. The Morgan fingerprint density at radius 1 is 1.40 bits per heavy atom. The van der Waals surface area contributed by atoms with Gasteiger partial charge in [0, 0.05) is 10.8 Å². The Kier molecular flexibility index (Phi) is 4.27. The number of benzene rings is 1. The molecule has 2 unspecified atom stereocenters. The maximum absolute atomic E-state index is 11.0. The second kappa shape index (κ2) is 5.98.